The molecule has 0 fully saturated rings. The molecule has 0 amide bonds. The zero-order valence-electron chi connectivity index (χ0n) is 28.1. The van der Waals surface area contributed by atoms with Gasteiger partial charge in [-0.3, -0.25) is 4.79 Å². The largest absolute Gasteiger partial charge is 0.504 e. The average Bonchev–Trinajstić information content (AvgIpc) is 2.93. The number of rotatable bonds is 7. The second-order valence-corrected chi connectivity index (χ2v) is 14.0. The molecule has 4 nitrogen and oxygen atoms in total. The minimum absolute atomic E-state index is 0.0718. The van der Waals surface area contributed by atoms with E-state index in [4.69, 9.17) is 4.74 Å². The molecule has 0 saturated heterocycles. The molecule has 2 aliphatic rings. The highest BCUT2D eigenvalue weighted by Gasteiger charge is 2.47. The van der Waals surface area contributed by atoms with Gasteiger partial charge in [0, 0.05) is 28.3 Å². The summed E-state index contributed by atoms with van der Waals surface area (Å²) >= 11 is 0. The van der Waals surface area contributed by atoms with Crippen molar-refractivity contribution in [2.45, 2.75) is 106 Å². The van der Waals surface area contributed by atoms with Crippen LogP contribution in [-0.2, 0) is 6.42 Å². The molecule has 0 spiro atoms. The third-order valence-corrected chi connectivity index (χ3v) is 9.48. The van der Waals surface area contributed by atoms with Crippen LogP contribution >= 0.6 is 0 Å². The van der Waals surface area contributed by atoms with Gasteiger partial charge >= 0.3 is 0 Å². The van der Waals surface area contributed by atoms with Crippen molar-refractivity contribution < 1.29 is 19.7 Å². The van der Waals surface area contributed by atoms with E-state index in [1.807, 2.05) is 0 Å². The highest BCUT2D eigenvalue weighted by Crippen LogP contribution is 2.57. The van der Waals surface area contributed by atoms with Gasteiger partial charge in [0.2, 0.25) is 5.78 Å². The Labute approximate surface area is 263 Å². The van der Waals surface area contributed by atoms with Crippen molar-refractivity contribution in [3.05, 3.63) is 104 Å². The molecular weight excluding hydrogens is 544 g/mol. The lowest BCUT2D eigenvalue weighted by Gasteiger charge is -2.43. The number of aliphatic hydroxyl groups excluding tert-OH is 1. The van der Waals surface area contributed by atoms with Crippen LogP contribution in [-0.4, -0.2) is 22.1 Å². The fourth-order valence-electron chi connectivity index (χ4n) is 7.49. The van der Waals surface area contributed by atoms with Gasteiger partial charge in [-0.15, -0.1) is 0 Å². The molecule has 3 unspecified atom stereocenters. The second-order valence-electron chi connectivity index (χ2n) is 14.0. The van der Waals surface area contributed by atoms with E-state index in [9.17, 15) is 15.0 Å². The Bertz CT molecular complexity index is 1740. The topological polar surface area (TPSA) is 66.8 Å². The van der Waals surface area contributed by atoms with Gasteiger partial charge in [-0.2, -0.15) is 0 Å². The monoisotopic (exact) mass is 592 g/mol. The molecule has 5 rings (SSSR count). The lowest BCUT2D eigenvalue weighted by molar-refractivity contribution is 0.0958. The molecular formula is C40H48O4. The van der Waals surface area contributed by atoms with Gasteiger partial charge in [0.1, 0.15) is 6.10 Å². The Morgan fingerprint density at radius 1 is 0.932 bits per heavy atom. The summed E-state index contributed by atoms with van der Waals surface area (Å²) in [7, 11) is 0. The number of ketones is 1. The first-order chi connectivity index (χ1) is 20.7. The number of phenols is 1. The number of Topliss-reactive ketones (excluding diaryl/α,β-unsaturated/α-hetero) is 1. The lowest BCUT2D eigenvalue weighted by Crippen LogP contribution is -2.37. The van der Waals surface area contributed by atoms with E-state index in [1.165, 1.54) is 5.57 Å². The Kier molecular flexibility index (Phi) is 8.59. The molecule has 0 bridgehead atoms. The molecule has 4 heteroatoms. The summed E-state index contributed by atoms with van der Waals surface area (Å²) in [6.45, 7) is 20.8. The smallest absolute Gasteiger partial charge is 0.227 e. The molecule has 3 atom stereocenters. The molecule has 44 heavy (non-hydrogen) atoms. The van der Waals surface area contributed by atoms with Crippen molar-refractivity contribution in [3.63, 3.8) is 0 Å². The molecule has 232 valence electrons. The van der Waals surface area contributed by atoms with Crippen molar-refractivity contribution in [2.75, 3.05) is 0 Å². The van der Waals surface area contributed by atoms with Crippen molar-refractivity contribution in [1.29, 1.82) is 0 Å². The Morgan fingerprint density at radius 2 is 1.61 bits per heavy atom. The maximum absolute atomic E-state index is 14.1. The molecule has 3 aromatic rings. The van der Waals surface area contributed by atoms with Crippen LogP contribution in [0.4, 0.5) is 0 Å². The van der Waals surface area contributed by atoms with Gasteiger partial charge in [-0.25, -0.2) is 0 Å². The minimum atomic E-state index is -0.423. The van der Waals surface area contributed by atoms with E-state index >= 15 is 0 Å². The number of benzene rings is 3. The van der Waals surface area contributed by atoms with Crippen LogP contribution in [0, 0.1) is 19.8 Å². The highest BCUT2D eigenvalue weighted by atomic mass is 16.5. The molecule has 2 N–H and O–H groups in total. The normalized spacial score (nSPS) is 19.4. The van der Waals surface area contributed by atoms with Crippen LogP contribution in [0.25, 0.3) is 10.8 Å². The van der Waals surface area contributed by atoms with Gasteiger partial charge in [0.25, 0.3) is 0 Å². The zero-order valence-corrected chi connectivity index (χ0v) is 28.1. The maximum Gasteiger partial charge on any atom is 0.227 e. The zero-order chi connectivity index (χ0) is 32.2. The molecule has 1 heterocycles. The first-order valence-electron chi connectivity index (χ1n) is 16.1. The first-order valence-corrected chi connectivity index (χ1v) is 16.1. The molecule has 0 saturated carbocycles. The van der Waals surface area contributed by atoms with E-state index in [1.54, 1.807) is 0 Å². The van der Waals surface area contributed by atoms with Gasteiger partial charge in [-0.05, 0) is 117 Å². The van der Waals surface area contributed by atoms with Crippen LogP contribution in [0.5, 0.6) is 11.5 Å². The van der Waals surface area contributed by atoms with Gasteiger partial charge < -0.3 is 14.9 Å². The predicted molar refractivity (Wildman–Crippen MR) is 182 cm³/mol. The van der Waals surface area contributed by atoms with Crippen LogP contribution in [0.1, 0.15) is 123 Å². The third kappa shape index (κ3) is 5.27. The van der Waals surface area contributed by atoms with E-state index in [0.717, 1.165) is 68.1 Å². The summed E-state index contributed by atoms with van der Waals surface area (Å²) in [6, 6.07) is 10.6. The number of carbonyl (C=O) groups excluding carboxylic acids is 1. The number of fused-ring (bicyclic) bond motifs is 1. The Balaban J connectivity index is 1.87. The number of hydrogen-bond acceptors (Lipinski definition) is 4. The molecule has 3 aromatic carbocycles. The van der Waals surface area contributed by atoms with E-state index in [0.29, 0.717) is 11.3 Å². The summed E-state index contributed by atoms with van der Waals surface area (Å²) < 4.78 is 6.88. The van der Waals surface area contributed by atoms with Gasteiger partial charge in [0.15, 0.2) is 17.3 Å². The number of aliphatic hydroxyl groups is 1. The average molecular weight is 593 g/mol. The molecule has 0 radical (unpaired) electrons. The summed E-state index contributed by atoms with van der Waals surface area (Å²) in [5.41, 5.74) is 9.85. The summed E-state index contributed by atoms with van der Waals surface area (Å²) in [4.78, 5) is 14.1. The summed E-state index contributed by atoms with van der Waals surface area (Å²) in [6.07, 6.45) is 5.48. The highest BCUT2D eigenvalue weighted by molar-refractivity contribution is 6.11. The Morgan fingerprint density at radius 3 is 2.23 bits per heavy atom. The summed E-state index contributed by atoms with van der Waals surface area (Å²) in [5, 5.41) is 25.3. The SMILES string of the molecule is CC(C)=CCCc1c(C)ccc2c1C(=O)C(O)=C(C(C)C)C2C1c2c(C)ccc3cc(C(C)C)c(O)c(c23)OC1C=C(C)C. The number of allylic oxidation sites excluding steroid dienone is 5. The van der Waals surface area contributed by atoms with Crippen LogP contribution < -0.4 is 4.74 Å². The van der Waals surface area contributed by atoms with Crippen LogP contribution in [0.2, 0.25) is 0 Å². The maximum atomic E-state index is 14.1. The number of phenolic OH excluding ortho intramolecular Hbond substituents is 1. The fourth-order valence-corrected chi connectivity index (χ4v) is 7.49. The van der Waals surface area contributed by atoms with Crippen molar-refractivity contribution in [1.82, 2.24) is 0 Å². The lowest BCUT2D eigenvalue weighted by atomic mass is 9.64. The molecule has 0 aromatic heterocycles. The Hall–Kier alpha value is -3.79. The van der Waals surface area contributed by atoms with Crippen molar-refractivity contribution >= 4 is 16.6 Å². The number of hydrogen-bond donors (Lipinski definition) is 2. The van der Waals surface area contributed by atoms with Gasteiger partial charge in [-0.1, -0.05) is 69.2 Å². The predicted octanol–water partition coefficient (Wildman–Crippen LogP) is 10.4. The van der Waals surface area contributed by atoms with E-state index in [-0.39, 0.29) is 41.0 Å². The van der Waals surface area contributed by atoms with Crippen molar-refractivity contribution in [3.8, 4) is 11.5 Å². The van der Waals surface area contributed by atoms with Crippen LogP contribution in [0.3, 0.4) is 0 Å². The van der Waals surface area contributed by atoms with Gasteiger partial charge in [0.05, 0.1) is 0 Å². The second kappa shape index (κ2) is 12.0. The quantitative estimate of drug-likeness (QED) is 0.268. The fraction of sp³-hybridized carbons (Fsp3) is 0.425. The number of ether oxygens (including phenoxy) is 1. The molecule has 1 aliphatic heterocycles. The summed E-state index contributed by atoms with van der Waals surface area (Å²) in [5.74, 6) is -0.152. The van der Waals surface area contributed by atoms with E-state index in [2.05, 4.69) is 112 Å². The van der Waals surface area contributed by atoms with E-state index < -0.39 is 6.10 Å². The first kappa shape index (κ1) is 31.6. The third-order valence-electron chi connectivity index (χ3n) is 9.48. The standard InChI is InChI=1S/C40H48O4/c1-20(2)12-11-13-27-24(9)15-17-28-34(27)39(43)38(42)31(23(7)8)35(28)36-30(18-21(3)4)44-40-33-26(16-14-25(10)32(33)36)19-29(22(5)6)37(40)41/h12,14-19,22-23,30,35-36,41-42H,11,13H2,1-10H3. The minimum Gasteiger partial charge on any atom is -0.504 e. The number of aromatic hydroxyl groups is 1. The number of carbonyl (C=O) groups is 1. The number of aryl methyl sites for hydroxylation is 2. The van der Waals surface area contributed by atoms with Crippen molar-refractivity contribution in [2.24, 2.45) is 5.92 Å². The van der Waals surface area contributed by atoms with Crippen LogP contribution in [0.15, 0.2) is 65.0 Å². The molecule has 1 aliphatic carbocycles.